The van der Waals surface area contributed by atoms with Crippen molar-refractivity contribution in [1.29, 1.82) is 0 Å². The molecule has 0 aromatic carbocycles. The van der Waals surface area contributed by atoms with Crippen molar-refractivity contribution >= 4 is 11.8 Å². The molecule has 33 heavy (non-hydrogen) atoms. The molecule has 5 N–H and O–H groups in total. The lowest BCUT2D eigenvalue weighted by molar-refractivity contribution is -0.125. The Morgan fingerprint density at radius 3 is 1.45 bits per heavy atom. The molecular weight excluding hydrogens is 412 g/mol. The molecule has 196 valence electrons. The highest BCUT2D eigenvalue weighted by Gasteiger charge is 2.04. The van der Waals surface area contributed by atoms with Gasteiger partial charge in [0.2, 0.25) is 11.8 Å². The van der Waals surface area contributed by atoms with Gasteiger partial charge in [-0.25, -0.2) is 0 Å². The van der Waals surface area contributed by atoms with Gasteiger partial charge in [-0.05, 0) is 32.4 Å². The summed E-state index contributed by atoms with van der Waals surface area (Å²) in [6.45, 7) is 4.81. The molecule has 0 aliphatic carbocycles. The molecule has 0 saturated carbocycles. The van der Waals surface area contributed by atoms with E-state index in [2.05, 4.69) is 22.9 Å². The van der Waals surface area contributed by atoms with Gasteiger partial charge in [0.1, 0.15) is 0 Å². The monoisotopic (exact) mass is 468 g/mol. The average molecular weight is 469 g/mol. The molecule has 0 aromatic heterocycles. The molecule has 0 heterocycles. The van der Waals surface area contributed by atoms with E-state index in [0.29, 0.717) is 13.1 Å². The second-order valence-corrected chi connectivity index (χ2v) is 9.46. The third-order valence-electron chi connectivity index (χ3n) is 6.14. The van der Waals surface area contributed by atoms with Gasteiger partial charge in [0.05, 0.1) is 13.1 Å². The first-order valence-electron chi connectivity index (χ1n) is 14.1. The SMILES string of the molecule is CCCCCCCCCCCCCCCCCCNCC(=O)NCC(=O)NCCCCCN. The number of hydrogen-bond acceptors (Lipinski definition) is 4. The Morgan fingerprint density at radius 2 is 0.939 bits per heavy atom. The van der Waals surface area contributed by atoms with E-state index in [-0.39, 0.29) is 24.9 Å². The van der Waals surface area contributed by atoms with E-state index in [9.17, 15) is 9.59 Å². The Balaban J connectivity index is 3.22. The summed E-state index contributed by atoms with van der Waals surface area (Å²) >= 11 is 0. The molecule has 0 spiro atoms. The molecule has 6 heteroatoms. The first kappa shape index (κ1) is 31.9. The first-order valence-corrected chi connectivity index (χ1v) is 14.1. The van der Waals surface area contributed by atoms with Gasteiger partial charge in [0.25, 0.3) is 0 Å². The standard InChI is InChI=1S/C27H56N4O2/c1-2-3-4-5-6-7-8-9-10-11-12-13-14-15-16-19-22-29-24-26(32)31-25-27(33)30-23-20-17-18-21-28/h29H,2-25,28H2,1H3,(H,30,33)(H,31,32). The summed E-state index contributed by atoms with van der Waals surface area (Å²) < 4.78 is 0. The van der Waals surface area contributed by atoms with Crippen molar-refractivity contribution in [3.05, 3.63) is 0 Å². The summed E-state index contributed by atoms with van der Waals surface area (Å²) in [5, 5.41) is 8.64. The average Bonchev–Trinajstić information content (AvgIpc) is 2.81. The van der Waals surface area contributed by atoms with Crippen molar-refractivity contribution in [1.82, 2.24) is 16.0 Å². The van der Waals surface area contributed by atoms with E-state index in [0.717, 1.165) is 32.2 Å². The van der Waals surface area contributed by atoms with Crippen LogP contribution in [0.4, 0.5) is 0 Å². The largest absolute Gasteiger partial charge is 0.355 e. The summed E-state index contributed by atoms with van der Waals surface area (Å²) in [6.07, 6.45) is 24.8. The number of unbranched alkanes of at least 4 members (excludes halogenated alkanes) is 17. The number of hydrogen-bond donors (Lipinski definition) is 4. The highest BCUT2D eigenvalue weighted by Crippen LogP contribution is 2.13. The van der Waals surface area contributed by atoms with Crippen LogP contribution < -0.4 is 21.7 Å². The van der Waals surface area contributed by atoms with Crippen molar-refractivity contribution in [2.75, 3.05) is 32.7 Å². The number of nitrogens with two attached hydrogens (primary N) is 1. The smallest absolute Gasteiger partial charge is 0.239 e. The van der Waals surface area contributed by atoms with Gasteiger partial charge in [0, 0.05) is 6.54 Å². The van der Waals surface area contributed by atoms with Crippen LogP contribution in [0.2, 0.25) is 0 Å². The Labute approximate surface area is 205 Å². The molecular formula is C27H56N4O2. The second-order valence-electron chi connectivity index (χ2n) is 9.46. The van der Waals surface area contributed by atoms with E-state index in [1.54, 1.807) is 0 Å². The summed E-state index contributed by atoms with van der Waals surface area (Å²) in [6, 6.07) is 0. The van der Waals surface area contributed by atoms with E-state index in [1.165, 1.54) is 96.3 Å². The molecule has 0 rings (SSSR count). The van der Waals surface area contributed by atoms with Gasteiger partial charge in [-0.3, -0.25) is 9.59 Å². The maximum Gasteiger partial charge on any atom is 0.239 e. The number of nitrogens with one attached hydrogen (secondary N) is 3. The van der Waals surface area contributed by atoms with Gasteiger partial charge in [-0.1, -0.05) is 110 Å². The van der Waals surface area contributed by atoms with E-state index < -0.39 is 0 Å². The van der Waals surface area contributed by atoms with Crippen molar-refractivity contribution < 1.29 is 9.59 Å². The Hall–Kier alpha value is -1.14. The molecule has 0 bridgehead atoms. The zero-order valence-electron chi connectivity index (χ0n) is 21.9. The fraction of sp³-hybridized carbons (Fsp3) is 0.926. The van der Waals surface area contributed by atoms with Crippen molar-refractivity contribution in [2.24, 2.45) is 5.73 Å². The number of carbonyl (C=O) groups is 2. The first-order chi connectivity index (χ1) is 16.2. The molecule has 0 radical (unpaired) electrons. The van der Waals surface area contributed by atoms with Gasteiger partial charge in [-0.15, -0.1) is 0 Å². The summed E-state index contributed by atoms with van der Waals surface area (Å²) in [4.78, 5) is 23.4. The van der Waals surface area contributed by atoms with Gasteiger partial charge < -0.3 is 21.7 Å². The zero-order chi connectivity index (χ0) is 24.2. The quantitative estimate of drug-likeness (QED) is 0.131. The molecule has 0 fully saturated rings. The summed E-state index contributed by atoms with van der Waals surface area (Å²) in [7, 11) is 0. The minimum Gasteiger partial charge on any atom is -0.355 e. The van der Waals surface area contributed by atoms with Crippen LogP contribution in [0.25, 0.3) is 0 Å². The van der Waals surface area contributed by atoms with Crippen LogP contribution in [-0.4, -0.2) is 44.5 Å². The van der Waals surface area contributed by atoms with E-state index in [4.69, 9.17) is 5.73 Å². The fourth-order valence-electron chi connectivity index (χ4n) is 3.98. The predicted molar refractivity (Wildman–Crippen MR) is 141 cm³/mol. The lowest BCUT2D eigenvalue weighted by atomic mass is 10.0. The fourth-order valence-corrected chi connectivity index (χ4v) is 3.98. The van der Waals surface area contributed by atoms with Gasteiger partial charge >= 0.3 is 0 Å². The molecule has 0 aromatic rings. The van der Waals surface area contributed by atoms with Crippen LogP contribution in [0.5, 0.6) is 0 Å². The molecule has 0 aliphatic rings. The zero-order valence-corrected chi connectivity index (χ0v) is 21.9. The summed E-state index contributed by atoms with van der Waals surface area (Å²) in [5.41, 5.74) is 5.43. The molecule has 2 amide bonds. The van der Waals surface area contributed by atoms with E-state index in [1.807, 2.05) is 0 Å². The lowest BCUT2D eigenvalue weighted by Gasteiger charge is -2.08. The minimum atomic E-state index is -0.131. The third kappa shape index (κ3) is 27.0. The highest BCUT2D eigenvalue weighted by atomic mass is 16.2. The molecule has 0 saturated heterocycles. The van der Waals surface area contributed by atoms with Crippen LogP contribution in [-0.2, 0) is 9.59 Å². The third-order valence-corrected chi connectivity index (χ3v) is 6.14. The van der Waals surface area contributed by atoms with Crippen molar-refractivity contribution in [2.45, 2.75) is 129 Å². The molecule has 0 unspecified atom stereocenters. The van der Waals surface area contributed by atoms with Crippen LogP contribution in [0.1, 0.15) is 129 Å². The van der Waals surface area contributed by atoms with Gasteiger partial charge in [0.15, 0.2) is 0 Å². The normalized spacial score (nSPS) is 11.0. The van der Waals surface area contributed by atoms with Crippen LogP contribution in [0.15, 0.2) is 0 Å². The maximum absolute atomic E-state index is 11.8. The minimum absolute atomic E-state index is 0.0520. The second kappa shape index (κ2) is 27.1. The number of rotatable bonds is 26. The molecule has 0 aliphatic heterocycles. The molecule has 0 atom stereocenters. The lowest BCUT2D eigenvalue weighted by Crippen LogP contribution is -2.41. The van der Waals surface area contributed by atoms with Crippen LogP contribution in [0, 0.1) is 0 Å². The maximum atomic E-state index is 11.8. The summed E-state index contributed by atoms with van der Waals surface area (Å²) in [5.74, 6) is -0.251. The van der Waals surface area contributed by atoms with Crippen molar-refractivity contribution in [3.63, 3.8) is 0 Å². The highest BCUT2D eigenvalue weighted by molar-refractivity contribution is 5.85. The Morgan fingerprint density at radius 1 is 0.515 bits per heavy atom. The number of amides is 2. The van der Waals surface area contributed by atoms with Crippen LogP contribution >= 0.6 is 0 Å². The molecule has 6 nitrogen and oxygen atoms in total. The Bertz CT molecular complexity index is 432. The van der Waals surface area contributed by atoms with Crippen LogP contribution in [0.3, 0.4) is 0 Å². The Kier molecular flexibility index (Phi) is 26.2. The number of carbonyl (C=O) groups excluding carboxylic acids is 2. The van der Waals surface area contributed by atoms with Crippen molar-refractivity contribution in [3.8, 4) is 0 Å². The predicted octanol–water partition coefficient (Wildman–Crippen LogP) is 5.20. The van der Waals surface area contributed by atoms with E-state index >= 15 is 0 Å². The topological polar surface area (TPSA) is 96.2 Å². The van der Waals surface area contributed by atoms with Gasteiger partial charge in [-0.2, -0.15) is 0 Å².